The summed E-state index contributed by atoms with van der Waals surface area (Å²) in [4.78, 5) is 0. The third kappa shape index (κ3) is 10.0. The molecule has 0 bridgehead atoms. The van der Waals surface area contributed by atoms with E-state index in [-0.39, 0.29) is 0 Å². The highest BCUT2D eigenvalue weighted by Gasteiger charge is 2.27. The van der Waals surface area contributed by atoms with Crippen LogP contribution >= 0.6 is 0 Å². The normalized spacial score (nSPS) is 11.9. The quantitative estimate of drug-likeness (QED) is 0.0845. The Balaban J connectivity index is 1.16. The number of hydrogen-bond acceptors (Lipinski definition) is 0. The van der Waals surface area contributed by atoms with Crippen LogP contribution in [0.3, 0.4) is 0 Å². The molecule has 0 aliphatic heterocycles. The van der Waals surface area contributed by atoms with Crippen LogP contribution in [0.2, 0.25) is 39.3 Å². The summed E-state index contributed by atoms with van der Waals surface area (Å²) < 4.78 is 0. The molecule has 0 heterocycles. The summed E-state index contributed by atoms with van der Waals surface area (Å²) in [5.41, 5.74) is 24.1. The fraction of sp³-hybridized carbons (Fsp3) is 0.0732. The maximum atomic E-state index is 2.58. The van der Waals surface area contributed by atoms with E-state index in [0.29, 0.717) is 0 Å². The molecule has 402 valence electrons. The van der Waals surface area contributed by atoms with Crippen molar-refractivity contribution in [2.45, 2.75) is 39.3 Å². The summed E-state index contributed by atoms with van der Waals surface area (Å²) in [5.74, 6) is 0. The Bertz CT molecular complexity index is 4380. The summed E-state index contributed by atoms with van der Waals surface area (Å²) in [6, 6.07) is 110. The van der Waals surface area contributed by atoms with Crippen LogP contribution in [0.4, 0.5) is 0 Å². The Hall–Kier alpha value is -9.45. The lowest BCUT2D eigenvalue weighted by Gasteiger charge is -2.26. The minimum absolute atomic E-state index is 1.18. The highest BCUT2D eigenvalue weighted by atomic mass is 28.3. The van der Waals surface area contributed by atoms with Crippen LogP contribution in [0, 0.1) is 0 Å². The predicted octanol–water partition coefficient (Wildman–Crippen LogP) is 22.3. The van der Waals surface area contributed by atoms with Gasteiger partial charge in [-0.05, 0) is 210 Å². The highest BCUT2D eigenvalue weighted by molar-refractivity contribution is 6.91. The second kappa shape index (κ2) is 21.4. The molecule has 0 radical (unpaired) electrons. The Kier molecular flexibility index (Phi) is 13.4. The van der Waals surface area contributed by atoms with Crippen LogP contribution in [0.1, 0.15) is 0 Å². The van der Waals surface area contributed by atoms with Gasteiger partial charge in [0.2, 0.25) is 0 Å². The first-order chi connectivity index (χ1) is 40.9. The van der Waals surface area contributed by atoms with E-state index in [9.17, 15) is 0 Å². The lowest BCUT2D eigenvalue weighted by Crippen LogP contribution is -2.45. The molecule has 0 fully saturated rings. The second-order valence-corrected chi connectivity index (χ2v) is 35.1. The van der Waals surface area contributed by atoms with Gasteiger partial charge in [0.05, 0.1) is 16.1 Å². The molecule has 0 amide bonds. The first-order valence-electron chi connectivity index (χ1n) is 29.6. The second-order valence-electron chi connectivity index (χ2n) is 24.9. The SMILES string of the molecule is C[Si](C)(C)c1cc(-c2cc(-c3cc(-c4ccccc4)cc(-c4ccccc4)c3)c3ccc4c(-c5cc(-c6ccccc6)cc(-c6ccccc6)c5)cc(-c5cc(-c6ccccc6)cc(-c6ccccc6)c5)c5ccc2c3c45)cc([Si](C)(C)C)c1. The van der Waals surface area contributed by atoms with Gasteiger partial charge in [-0.1, -0.05) is 274 Å². The van der Waals surface area contributed by atoms with Crippen molar-refractivity contribution in [1.82, 2.24) is 0 Å². The maximum Gasteiger partial charge on any atom is 0.0776 e. The van der Waals surface area contributed by atoms with E-state index >= 15 is 0 Å². The van der Waals surface area contributed by atoms with Crippen LogP contribution in [-0.4, -0.2) is 16.1 Å². The van der Waals surface area contributed by atoms with Crippen LogP contribution < -0.4 is 10.4 Å². The van der Waals surface area contributed by atoms with Crippen LogP contribution in [0.25, 0.3) is 144 Å². The fourth-order valence-electron chi connectivity index (χ4n) is 12.7. The molecule has 14 aromatic carbocycles. The Morgan fingerprint density at radius 3 is 0.560 bits per heavy atom. The largest absolute Gasteiger partial charge is 0.0776 e. The molecule has 14 aromatic rings. The predicted molar refractivity (Wildman–Crippen MR) is 370 cm³/mol. The molecule has 14 rings (SSSR count). The van der Waals surface area contributed by atoms with Crippen molar-refractivity contribution in [2.24, 2.45) is 0 Å². The van der Waals surface area contributed by atoms with E-state index in [1.54, 1.807) is 0 Å². The van der Waals surface area contributed by atoms with Crippen molar-refractivity contribution in [1.29, 1.82) is 0 Å². The van der Waals surface area contributed by atoms with Gasteiger partial charge >= 0.3 is 0 Å². The molecule has 0 aromatic heterocycles. The van der Waals surface area contributed by atoms with Crippen molar-refractivity contribution >= 4 is 58.8 Å². The maximum absolute atomic E-state index is 2.58. The Morgan fingerprint density at radius 2 is 0.357 bits per heavy atom. The van der Waals surface area contributed by atoms with E-state index in [4.69, 9.17) is 0 Å². The molecule has 0 unspecified atom stereocenters. The van der Waals surface area contributed by atoms with Gasteiger partial charge in [-0.25, -0.2) is 0 Å². The monoisotopic (exact) mass is 1110 g/mol. The molecule has 2 heteroatoms. The molecule has 0 aliphatic rings. The van der Waals surface area contributed by atoms with Crippen LogP contribution in [0.5, 0.6) is 0 Å². The van der Waals surface area contributed by atoms with Crippen LogP contribution in [-0.2, 0) is 0 Å². The van der Waals surface area contributed by atoms with Gasteiger partial charge in [0.1, 0.15) is 0 Å². The van der Waals surface area contributed by atoms with Crippen molar-refractivity contribution in [3.8, 4) is 111 Å². The summed E-state index contributed by atoms with van der Waals surface area (Å²) in [6.07, 6.45) is 0. The minimum atomic E-state index is -1.79. The molecule has 0 aliphatic carbocycles. The van der Waals surface area contributed by atoms with Gasteiger partial charge in [0.15, 0.2) is 0 Å². The van der Waals surface area contributed by atoms with E-state index < -0.39 is 16.1 Å². The third-order valence-electron chi connectivity index (χ3n) is 17.2. The molecule has 0 spiro atoms. The van der Waals surface area contributed by atoms with Crippen molar-refractivity contribution in [3.63, 3.8) is 0 Å². The van der Waals surface area contributed by atoms with Gasteiger partial charge in [-0.2, -0.15) is 0 Å². The van der Waals surface area contributed by atoms with Crippen molar-refractivity contribution in [2.75, 3.05) is 0 Å². The Labute approximate surface area is 497 Å². The molecule has 0 atom stereocenters. The fourth-order valence-corrected chi connectivity index (χ4v) is 15.2. The summed E-state index contributed by atoms with van der Waals surface area (Å²) in [5, 5.41) is 10.6. The van der Waals surface area contributed by atoms with E-state index in [2.05, 4.69) is 330 Å². The zero-order valence-electron chi connectivity index (χ0n) is 48.7. The molecule has 84 heavy (non-hydrogen) atoms. The molecule has 0 nitrogen and oxygen atoms in total. The van der Waals surface area contributed by atoms with Gasteiger partial charge < -0.3 is 0 Å². The highest BCUT2D eigenvalue weighted by Crippen LogP contribution is 2.51. The first-order valence-corrected chi connectivity index (χ1v) is 36.6. The van der Waals surface area contributed by atoms with Gasteiger partial charge in [0, 0.05) is 0 Å². The first kappa shape index (κ1) is 52.6. The van der Waals surface area contributed by atoms with Crippen molar-refractivity contribution in [3.05, 3.63) is 291 Å². The molecule has 0 N–H and O–H groups in total. The summed E-state index contributed by atoms with van der Waals surface area (Å²) in [7, 11) is -3.58. The van der Waals surface area contributed by atoms with E-state index in [1.165, 1.54) is 154 Å². The number of benzene rings is 14. The lowest BCUT2D eigenvalue weighted by atomic mass is 9.80. The van der Waals surface area contributed by atoms with E-state index in [1.807, 2.05) is 0 Å². The zero-order valence-corrected chi connectivity index (χ0v) is 50.7. The smallest absolute Gasteiger partial charge is 0.0656 e. The van der Waals surface area contributed by atoms with Gasteiger partial charge in [0.25, 0.3) is 0 Å². The molecule has 0 saturated heterocycles. The van der Waals surface area contributed by atoms with Crippen molar-refractivity contribution < 1.29 is 0 Å². The van der Waals surface area contributed by atoms with Gasteiger partial charge in [-0.15, -0.1) is 0 Å². The number of rotatable bonds is 12. The molecule has 0 saturated carbocycles. The summed E-state index contributed by atoms with van der Waals surface area (Å²) >= 11 is 0. The Morgan fingerprint density at radius 1 is 0.167 bits per heavy atom. The summed E-state index contributed by atoms with van der Waals surface area (Å²) in [6.45, 7) is 15.0. The average Bonchev–Trinajstić information content (AvgIpc) is 1.09. The lowest BCUT2D eigenvalue weighted by molar-refractivity contribution is 1.56. The zero-order chi connectivity index (χ0) is 57.1. The van der Waals surface area contributed by atoms with Gasteiger partial charge in [-0.3, -0.25) is 0 Å². The topological polar surface area (TPSA) is 0 Å². The minimum Gasteiger partial charge on any atom is -0.0656 e. The average molecular weight is 1110 g/mol. The molecular formula is C82H66Si2. The third-order valence-corrected chi connectivity index (χ3v) is 21.3. The molecular weight excluding hydrogens is 1040 g/mol. The number of hydrogen-bond donors (Lipinski definition) is 0. The van der Waals surface area contributed by atoms with Crippen LogP contribution in [0.15, 0.2) is 291 Å². The van der Waals surface area contributed by atoms with E-state index in [0.717, 1.165) is 0 Å². The standard InChI is InChI=1S/C82H66Si2/c1-83(2,3)71-50-70(51-72(52-71)84(4,5)6)80-54-79(69-48-65(59-33-21-11-22-34-59)43-66(49-69)60-35-23-12-24-36-60)75-38-37-73-77(67-44-61(55-25-13-7-14-26-55)41-62(45-67)56-27-15-8-16-28-56)53-78(74-39-40-76(80)82(75)81(73)74)68-46-63(57-29-17-9-18-30-57)42-64(47-68)58-31-19-10-20-32-58/h7-54H,1-6H3.